The summed E-state index contributed by atoms with van der Waals surface area (Å²) >= 11 is 0. The van der Waals surface area contributed by atoms with Crippen LogP contribution in [0.15, 0.2) is 10.9 Å². The first-order chi connectivity index (χ1) is 6.82. The van der Waals surface area contributed by atoms with Gasteiger partial charge in [0.2, 0.25) is 0 Å². The fourth-order valence-corrected chi connectivity index (χ4v) is 4.20. The summed E-state index contributed by atoms with van der Waals surface area (Å²) in [4.78, 5) is 11.6. The molecule has 1 saturated heterocycles. The highest BCUT2D eigenvalue weighted by molar-refractivity contribution is 7.91. The van der Waals surface area contributed by atoms with Crippen LogP contribution in [0.1, 0.15) is 19.0 Å². The second-order valence-electron chi connectivity index (χ2n) is 4.45. The van der Waals surface area contributed by atoms with E-state index < -0.39 is 15.4 Å². The van der Waals surface area contributed by atoms with Crippen molar-refractivity contribution < 1.29 is 8.42 Å². The van der Waals surface area contributed by atoms with Gasteiger partial charge in [-0.2, -0.15) is 0 Å². The predicted octanol–water partition coefficient (Wildman–Crippen LogP) is 0.0185. The van der Waals surface area contributed by atoms with Crippen LogP contribution in [-0.4, -0.2) is 29.7 Å². The number of H-pyrrole nitrogens is 1. The molecular weight excluding hydrogens is 216 g/mol. The summed E-state index contributed by atoms with van der Waals surface area (Å²) in [5, 5.41) is 2.90. The lowest BCUT2D eigenvalue weighted by molar-refractivity contribution is 0.318. The molecule has 1 aromatic heterocycles. The fourth-order valence-electron chi connectivity index (χ4n) is 2.08. The summed E-state index contributed by atoms with van der Waals surface area (Å²) in [6, 6.07) is 1.48. The highest BCUT2D eigenvalue weighted by atomic mass is 32.2. The van der Waals surface area contributed by atoms with Crippen LogP contribution < -0.4 is 5.56 Å². The Morgan fingerprint density at radius 3 is 2.60 bits per heavy atom. The van der Waals surface area contributed by atoms with Crippen molar-refractivity contribution in [1.29, 1.82) is 0 Å². The normalized spacial score (nSPS) is 29.5. The molecule has 0 saturated carbocycles. The SMILES string of the molecule is Cc1cc(=O)n(C2(C)CCS(=O)(=O)C2)[nH]1. The average Bonchev–Trinajstić information content (AvgIpc) is 2.54. The van der Waals surface area contributed by atoms with Crippen LogP contribution >= 0.6 is 0 Å². The predicted molar refractivity (Wildman–Crippen MR) is 56.7 cm³/mol. The molecule has 2 rings (SSSR count). The van der Waals surface area contributed by atoms with Gasteiger partial charge in [0, 0.05) is 11.8 Å². The lowest BCUT2D eigenvalue weighted by Gasteiger charge is -2.22. The molecule has 15 heavy (non-hydrogen) atoms. The Kier molecular flexibility index (Phi) is 2.08. The molecule has 0 bridgehead atoms. The number of nitrogens with zero attached hydrogens (tertiary/aromatic N) is 1. The van der Waals surface area contributed by atoms with Crippen molar-refractivity contribution in [3.63, 3.8) is 0 Å². The van der Waals surface area contributed by atoms with Gasteiger partial charge in [0.15, 0.2) is 9.84 Å². The molecule has 0 radical (unpaired) electrons. The van der Waals surface area contributed by atoms with Gasteiger partial charge in [0.1, 0.15) is 0 Å². The van der Waals surface area contributed by atoms with Gasteiger partial charge in [-0.3, -0.25) is 9.89 Å². The summed E-state index contributed by atoms with van der Waals surface area (Å²) in [5.74, 6) is 0.202. The number of rotatable bonds is 1. The Hall–Kier alpha value is -1.04. The highest BCUT2D eigenvalue weighted by Crippen LogP contribution is 2.28. The largest absolute Gasteiger partial charge is 0.299 e. The van der Waals surface area contributed by atoms with Gasteiger partial charge in [-0.05, 0) is 20.3 Å². The standard InChI is InChI=1S/C9H14N2O3S/c1-7-5-8(12)11(10-7)9(2)3-4-15(13,14)6-9/h5,10H,3-4,6H2,1-2H3. The maximum Gasteiger partial charge on any atom is 0.267 e. The third kappa shape index (κ3) is 1.73. The molecule has 1 unspecified atom stereocenters. The van der Waals surface area contributed by atoms with Crippen LogP contribution in [0.4, 0.5) is 0 Å². The third-order valence-corrected chi connectivity index (χ3v) is 4.76. The molecule has 5 nitrogen and oxygen atoms in total. The molecule has 1 aromatic rings. The quantitative estimate of drug-likeness (QED) is 0.739. The molecule has 84 valence electrons. The summed E-state index contributed by atoms with van der Waals surface area (Å²) in [6.45, 7) is 3.58. The van der Waals surface area contributed by atoms with E-state index in [4.69, 9.17) is 0 Å². The summed E-state index contributed by atoms with van der Waals surface area (Å²) in [7, 11) is -2.99. The molecule has 1 aliphatic rings. The Morgan fingerprint density at radius 2 is 2.20 bits per heavy atom. The number of hydrogen-bond acceptors (Lipinski definition) is 3. The fraction of sp³-hybridized carbons (Fsp3) is 0.667. The second kappa shape index (κ2) is 2.98. The summed E-state index contributed by atoms with van der Waals surface area (Å²) in [5.41, 5.74) is -0.0119. The molecule has 1 atom stereocenters. The molecule has 0 aliphatic carbocycles. The number of aromatic amines is 1. The molecular formula is C9H14N2O3S. The molecule has 1 fully saturated rings. The second-order valence-corrected chi connectivity index (χ2v) is 6.64. The van der Waals surface area contributed by atoms with E-state index in [1.165, 1.54) is 10.7 Å². The highest BCUT2D eigenvalue weighted by Gasteiger charge is 2.41. The van der Waals surface area contributed by atoms with Crippen molar-refractivity contribution in [1.82, 2.24) is 9.78 Å². The summed E-state index contributed by atoms with van der Waals surface area (Å²) in [6.07, 6.45) is 0.495. The van der Waals surface area contributed by atoms with Crippen molar-refractivity contribution in [3.05, 3.63) is 22.1 Å². The average molecular weight is 230 g/mol. The molecule has 6 heteroatoms. The van der Waals surface area contributed by atoms with Crippen LogP contribution in [0.3, 0.4) is 0 Å². The van der Waals surface area contributed by atoms with Crippen molar-refractivity contribution in [2.75, 3.05) is 11.5 Å². The zero-order chi connectivity index (χ0) is 11.3. The Labute approximate surface area is 88.0 Å². The van der Waals surface area contributed by atoms with Crippen molar-refractivity contribution >= 4 is 9.84 Å². The lowest BCUT2D eigenvalue weighted by atomic mass is 10.0. The molecule has 0 spiro atoms. The van der Waals surface area contributed by atoms with E-state index in [2.05, 4.69) is 5.10 Å². The first-order valence-corrected chi connectivity index (χ1v) is 6.64. The van der Waals surface area contributed by atoms with Gasteiger partial charge >= 0.3 is 0 Å². The van der Waals surface area contributed by atoms with Crippen LogP contribution in [0.5, 0.6) is 0 Å². The topological polar surface area (TPSA) is 71.9 Å². The number of nitrogens with one attached hydrogen (secondary N) is 1. The molecule has 1 N–H and O–H groups in total. The minimum Gasteiger partial charge on any atom is -0.299 e. The van der Waals surface area contributed by atoms with E-state index in [-0.39, 0.29) is 17.1 Å². The van der Waals surface area contributed by atoms with Gasteiger partial charge in [0.25, 0.3) is 5.56 Å². The van der Waals surface area contributed by atoms with E-state index in [0.717, 1.165) is 5.69 Å². The van der Waals surface area contributed by atoms with Crippen LogP contribution in [0.25, 0.3) is 0 Å². The number of sulfone groups is 1. The van der Waals surface area contributed by atoms with Crippen LogP contribution in [-0.2, 0) is 15.4 Å². The number of aromatic nitrogens is 2. The van der Waals surface area contributed by atoms with E-state index in [1.807, 2.05) is 0 Å². The molecule has 0 amide bonds. The maximum absolute atomic E-state index is 11.6. The van der Waals surface area contributed by atoms with Crippen molar-refractivity contribution in [3.8, 4) is 0 Å². The zero-order valence-electron chi connectivity index (χ0n) is 8.78. The van der Waals surface area contributed by atoms with Gasteiger partial charge < -0.3 is 0 Å². The van der Waals surface area contributed by atoms with E-state index >= 15 is 0 Å². The van der Waals surface area contributed by atoms with Crippen molar-refractivity contribution in [2.45, 2.75) is 25.8 Å². The maximum atomic E-state index is 11.6. The third-order valence-electron chi connectivity index (χ3n) is 2.87. The molecule has 2 heterocycles. The zero-order valence-corrected chi connectivity index (χ0v) is 9.60. The minimum absolute atomic E-state index is 0.0415. The number of aryl methyl sites for hydroxylation is 1. The van der Waals surface area contributed by atoms with E-state index in [0.29, 0.717) is 6.42 Å². The first kappa shape index (κ1) is 10.5. The van der Waals surface area contributed by atoms with Gasteiger partial charge in [0.05, 0.1) is 17.0 Å². The smallest absolute Gasteiger partial charge is 0.267 e. The minimum atomic E-state index is -2.99. The van der Waals surface area contributed by atoms with Gasteiger partial charge in [-0.1, -0.05) is 0 Å². The summed E-state index contributed by atoms with van der Waals surface area (Å²) < 4.78 is 24.3. The Balaban J connectivity index is 2.48. The van der Waals surface area contributed by atoms with Gasteiger partial charge in [-0.15, -0.1) is 0 Å². The van der Waals surface area contributed by atoms with Crippen molar-refractivity contribution in [2.24, 2.45) is 0 Å². The molecule has 1 aliphatic heterocycles. The number of hydrogen-bond donors (Lipinski definition) is 1. The first-order valence-electron chi connectivity index (χ1n) is 4.82. The Morgan fingerprint density at radius 1 is 1.53 bits per heavy atom. The van der Waals surface area contributed by atoms with E-state index in [9.17, 15) is 13.2 Å². The monoisotopic (exact) mass is 230 g/mol. The van der Waals surface area contributed by atoms with Crippen LogP contribution in [0, 0.1) is 6.92 Å². The van der Waals surface area contributed by atoms with Gasteiger partial charge in [-0.25, -0.2) is 13.1 Å². The van der Waals surface area contributed by atoms with Crippen LogP contribution in [0.2, 0.25) is 0 Å². The molecule has 0 aromatic carbocycles. The van der Waals surface area contributed by atoms with E-state index in [1.54, 1.807) is 13.8 Å². The Bertz CT molecular complexity index is 540. The lowest BCUT2D eigenvalue weighted by Crippen LogP contribution is -2.38.